The molecule has 2 aromatic rings. The van der Waals surface area contributed by atoms with Gasteiger partial charge in [0.25, 0.3) is 5.91 Å². The van der Waals surface area contributed by atoms with Crippen molar-refractivity contribution in [3.05, 3.63) is 65.2 Å². The first-order valence-electron chi connectivity index (χ1n) is 6.03. The van der Waals surface area contributed by atoms with Crippen molar-refractivity contribution < 1.29 is 13.6 Å². The van der Waals surface area contributed by atoms with Gasteiger partial charge in [0.05, 0.1) is 5.56 Å². The number of hydrogen-bond donors (Lipinski definition) is 1. The first kappa shape index (κ1) is 14.0. The number of rotatable bonds is 3. The highest BCUT2D eigenvalue weighted by atomic mass is 19.1. The third-order valence-electron chi connectivity index (χ3n) is 2.97. The molecule has 0 saturated carbocycles. The molecule has 3 nitrogen and oxygen atoms in total. The first-order chi connectivity index (χ1) is 9.49. The molecule has 0 unspecified atom stereocenters. The van der Waals surface area contributed by atoms with Crippen molar-refractivity contribution in [3.63, 3.8) is 0 Å². The van der Waals surface area contributed by atoms with Crippen molar-refractivity contribution >= 4 is 11.6 Å². The summed E-state index contributed by atoms with van der Waals surface area (Å²) in [6.45, 7) is 0.224. The molecule has 104 valence electrons. The number of anilines is 1. The summed E-state index contributed by atoms with van der Waals surface area (Å²) in [5.74, 6) is -1.99. The number of carbonyl (C=O) groups is 1. The van der Waals surface area contributed by atoms with E-state index in [1.54, 1.807) is 24.3 Å². The fourth-order valence-electron chi connectivity index (χ4n) is 1.87. The summed E-state index contributed by atoms with van der Waals surface area (Å²) < 4.78 is 26.7. The van der Waals surface area contributed by atoms with Crippen LogP contribution in [0.3, 0.4) is 0 Å². The molecular weight excluding hydrogens is 262 g/mol. The maximum atomic E-state index is 13.6. The zero-order chi connectivity index (χ0) is 14.7. The van der Waals surface area contributed by atoms with Gasteiger partial charge in [-0.05, 0) is 29.8 Å². The summed E-state index contributed by atoms with van der Waals surface area (Å²) in [4.78, 5) is 13.4. The second kappa shape index (κ2) is 5.69. The predicted molar refractivity (Wildman–Crippen MR) is 73.0 cm³/mol. The SMILES string of the molecule is CN(Cc1ccccc1N)C(=O)c1cc(F)ccc1F. The number of benzene rings is 2. The lowest BCUT2D eigenvalue weighted by Crippen LogP contribution is -2.27. The first-order valence-corrected chi connectivity index (χ1v) is 6.03. The summed E-state index contributed by atoms with van der Waals surface area (Å²) in [5.41, 5.74) is 6.80. The van der Waals surface area contributed by atoms with E-state index in [1.165, 1.54) is 11.9 Å². The minimum atomic E-state index is -0.746. The predicted octanol–water partition coefficient (Wildman–Crippen LogP) is 2.82. The van der Waals surface area contributed by atoms with Gasteiger partial charge in [-0.25, -0.2) is 8.78 Å². The fraction of sp³-hybridized carbons (Fsp3) is 0.133. The molecule has 0 aliphatic heterocycles. The summed E-state index contributed by atoms with van der Waals surface area (Å²) in [7, 11) is 1.51. The van der Waals surface area contributed by atoms with Crippen molar-refractivity contribution in [1.82, 2.24) is 4.90 Å². The molecular formula is C15H14F2N2O. The van der Waals surface area contributed by atoms with Crippen LogP contribution in [0.4, 0.5) is 14.5 Å². The number of nitrogens with zero attached hydrogens (tertiary/aromatic N) is 1. The van der Waals surface area contributed by atoms with Gasteiger partial charge in [0, 0.05) is 19.3 Å². The Bertz CT molecular complexity index is 644. The van der Waals surface area contributed by atoms with Crippen LogP contribution >= 0.6 is 0 Å². The van der Waals surface area contributed by atoms with Gasteiger partial charge in [0.2, 0.25) is 0 Å². The lowest BCUT2D eigenvalue weighted by Gasteiger charge is -2.18. The molecule has 0 aromatic heterocycles. The van der Waals surface area contributed by atoms with Crippen molar-refractivity contribution in [3.8, 4) is 0 Å². The Labute approximate surface area is 115 Å². The number of carbonyl (C=O) groups excluding carboxylic acids is 1. The third kappa shape index (κ3) is 2.93. The van der Waals surface area contributed by atoms with E-state index in [0.717, 1.165) is 23.8 Å². The zero-order valence-electron chi connectivity index (χ0n) is 10.9. The molecule has 0 atom stereocenters. The number of para-hydroxylation sites is 1. The third-order valence-corrected chi connectivity index (χ3v) is 2.97. The monoisotopic (exact) mass is 276 g/mol. The quantitative estimate of drug-likeness (QED) is 0.876. The largest absolute Gasteiger partial charge is 0.398 e. The molecule has 0 aliphatic rings. The van der Waals surface area contributed by atoms with Crippen LogP contribution in [0, 0.1) is 11.6 Å². The minimum absolute atomic E-state index is 0.224. The highest BCUT2D eigenvalue weighted by Crippen LogP contribution is 2.16. The van der Waals surface area contributed by atoms with Crippen LogP contribution in [-0.2, 0) is 6.54 Å². The smallest absolute Gasteiger partial charge is 0.256 e. The van der Waals surface area contributed by atoms with E-state index < -0.39 is 17.5 Å². The van der Waals surface area contributed by atoms with Crippen LogP contribution in [0.5, 0.6) is 0 Å². The Morgan fingerprint density at radius 3 is 2.60 bits per heavy atom. The van der Waals surface area contributed by atoms with Gasteiger partial charge in [0.1, 0.15) is 11.6 Å². The maximum absolute atomic E-state index is 13.6. The van der Waals surface area contributed by atoms with E-state index in [2.05, 4.69) is 0 Å². The van der Waals surface area contributed by atoms with Gasteiger partial charge in [0.15, 0.2) is 0 Å². The molecule has 0 bridgehead atoms. The normalized spacial score (nSPS) is 10.3. The van der Waals surface area contributed by atoms with Crippen molar-refractivity contribution in [2.24, 2.45) is 0 Å². The molecule has 0 aliphatic carbocycles. The molecule has 2 aromatic carbocycles. The average Bonchev–Trinajstić information content (AvgIpc) is 2.43. The van der Waals surface area contributed by atoms with Crippen LogP contribution < -0.4 is 5.73 Å². The van der Waals surface area contributed by atoms with Crippen LogP contribution in [-0.4, -0.2) is 17.9 Å². The molecule has 2 N–H and O–H groups in total. The van der Waals surface area contributed by atoms with Gasteiger partial charge in [-0.3, -0.25) is 4.79 Å². The number of nitrogen functional groups attached to an aromatic ring is 1. The lowest BCUT2D eigenvalue weighted by molar-refractivity contribution is 0.0780. The molecule has 5 heteroatoms. The Balaban J connectivity index is 2.21. The van der Waals surface area contributed by atoms with Crippen molar-refractivity contribution in [1.29, 1.82) is 0 Å². The summed E-state index contributed by atoms with van der Waals surface area (Å²) in [5, 5.41) is 0. The molecule has 2 rings (SSSR count). The van der Waals surface area contributed by atoms with E-state index >= 15 is 0 Å². The summed E-state index contributed by atoms with van der Waals surface area (Å²) in [6, 6.07) is 9.88. The second-order valence-electron chi connectivity index (χ2n) is 4.48. The van der Waals surface area contributed by atoms with Gasteiger partial charge < -0.3 is 10.6 Å². The number of hydrogen-bond acceptors (Lipinski definition) is 2. The van der Waals surface area contributed by atoms with Gasteiger partial charge >= 0.3 is 0 Å². The Kier molecular flexibility index (Phi) is 3.98. The van der Waals surface area contributed by atoms with Crippen LogP contribution in [0.25, 0.3) is 0 Å². The van der Waals surface area contributed by atoms with Crippen LogP contribution in [0.2, 0.25) is 0 Å². The standard InChI is InChI=1S/C15H14F2N2O/c1-19(9-10-4-2-3-5-14(10)18)15(20)12-8-11(16)6-7-13(12)17/h2-8H,9,18H2,1H3. The van der Waals surface area contributed by atoms with E-state index in [-0.39, 0.29) is 12.1 Å². The van der Waals surface area contributed by atoms with Gasteiger partial charge in [-0.2, -0.15) is 0 Å². The Morgan fingerprint density at radius 2 is 1.90 bits per heavy atom. The van der Waals surface area contributed by atoms with Gasteiger partial charge in [-0.15, -0.1) is 0 Å². The molecule has 0 heterocycles. The number of halogens is 2. The average molecular weight is 276 g/mol. The molecule has 0 fully saturated rings. The lowest BCUT2D eigenvalue weighted by atomic mass is 10.1. The second-order valence-corrected chi connectivity index (χ2v) is 4.48. The Hall–Kier alpha value is -2.43. The summed E-state index contributed by atoms with van der Waals surface area (Å²) >= 11 is 0. The van der Waals surface area contributed by atoms with E-state index in [1.807, 2.05) is 0 Å². The molecule has 0 radical (unpaired) electrons. The highest BCUT2D eigenvalue weighted by molar-refractivity contribution is 5.94. The van der Waals surface area contributed by atoms with E-state index in [9.17, 15) is 13.6 Å². The Morgan fingerprint density at radius 1 is 1.20 bits per heavy atom. The van der Waals surface area contributed by atoms with Crippen molar-refractivity contribution in [2.45, 2.75) is 6.54 Å². The molecule has 0 spiro atoms. The number of nitrogens with two attached hydrogens (primary N) is 1. The van der Waals surface area contributed by atoms with E-state index in [4.69, 9.17) is 5.73 Å². The van der Waals surface area contributed by atoms with Crippen LogP contribution in [0.1, 0.15) is 15.9 Å². The van der Waals surface area contributed by atoms with Gasteiger partial charge in [-0.1, -0.05) is 18.2 Å². The number of amides is 1. The molecule has 0 saturated heterocycles. The zero-order valence-corrected chi connectivity index (χ0v) is 10.9. The molecule has 1 amide bonds. The van der Waals surface area contributed by atoms with E-state index in [0.29, 0.717) is 5.69 Å². The topological polar surface area (TPSA) is 46.3 Å². The van der Waals surface area contributed by atoms with Crippen molar-refractivity contribution in [2.75, 3.05) is 12.8 Å². The summed E-state index contributed by atoms with van der Waals surface area (Å²) in [6.07, 6.45) is 0. The molecule has 20 heavy (non-hydrogen) atoms. The fourth-order valence-corrected chi connectivity index (χ4v) is 1.87. The maximum Gasteiger partial charge on any atom is 0.256 e. The van der Waals surface area contributed by atoms with Crippen LogP contribution in [0.15, 0.2) is 42.5 Å². The minimum Gasteiger partial charge on any atom is -0.398 e. The highest BCUT2D eigenvalue weighted by Gasteiger charge is 2.17.